The Bertz CT molecular complexity index is 951. The van der Waals surface area contributed by atoms with E-state index in [1.54, 1.807) is 11.9 Å². The van der Waals surface area contributed by atoms with Gasteiger partial charge in [-0.2, -0.15) is 0 Å². The summed E-state index contributed by atoms with van der Waals surface area (Å²) >= 11 is 0. The molecular weight excluding hydrogens is 396 g/mol. The van der Waals surface area contributed by atoms with E-state index in [9.17, 15) is 14.4 Å². The topological polar surface area (TPSA) is 87.2 Å². The summed E-state index contributed by atoms with van der Waals surface area (Å²) in [5.74, 6) is -1.44. The summed E-state index contributed by atoms with van der Waals surface area (Å²) in [5.41, 5.74) is 4.59. The highest BCUT2D eigenvalue weighted by Crippen LogP contribution is 2.44. The second kappa shape index (κ2) is 8.79. The zero-order chi connectivity index (χ0) is 22.0. The van der Waals surface area contributed by atoms with Crippen LogP contribution in [0.15, 0.2) is 48.5 Å². The van der Waals surface area contributed by atoms with Gasteiger partial charge in [0.2, 0.25) is 5.91 Å². The third-order valence-electron chi connectivity index (χ3n) is 6.22. The van der Waals surface area contributed by atoms with E-state index in [0.29, 0.717) is 25.9 Å². The van der Waals surface area contributed by atoms with Crippen molar-refractivity contribution in [3.8, 4) is 11.1 Å². The van der Waals surface area contributed by atoms with Crippen molar-refractivity contribution in [2.75, 3.05) is 33.3 Å². The van der Waals surface area contributed by atoms with Gasteiger partial charge in [-0.15, -0.1) is 0 Å². The third kappa shape index (κ3) is 4.26. The molecule has 0 aromatic heterocycles. The first-order chi connectivity index (χ1) is 15.0. The summed E-state index contributed by atoms with van der Waals surface area (Å²) in [7, 11) is 1.54. The lowest BCUT2D eigenvalue weighted by atomic mass is 9.97. The van der Waals surface area contributed by atoms with Gasteiger partial charge in [-0.05, 0) is 35.1 Å². The molecule has 1 aliphatic heterocycles. The number of carbonyl (C=O) groups excluding carboxylic acids is 2. The average molecular weight is 422 g/mol. The molecule has 31 heavy (non-hydrogen) atoms. The minimum Gasteiger partial charge on any atom is -0.481 e. The summed E-state index contributed by atoms with van der Waals surface area (Å²) in [6.07, 6.45) is 0.335. The molecule has 0 saturated carbocycles. The number of hydrogen-bond donors (Lipinski definition) is 1. The first-order valence-electron chi connectivity index (χ1n) is 10.5. The summed E-state index contributed by atoms with van der Waals surface area (Å²) in [5, 5.41) is 9.08. The number of hydrogen-bond acceptors (Lipinski definition) is 4. The van der Waals surface area contributed by atoms with Crippen LogP contribution in [0.25, 0.3) is 11.1 Å². The molecule has 0 bridgehead atoms. The predicted molar refractivity (Wildman–Crippen MR) is 115 cm³/mol. The van der Waals surface area contributed by atoms with Crippen LogP contribution in [0, 0.1) is 5.92 Å². The fourth-order valence-corrected chi connectivity index (χ4v) is 4.45. The Labute approximate surface area is 181 Å². The van der Waals surface area contributed by atoms with E-state index >= 15 is 0 Å². The monoisotopic (exact) mass is 422 g/mol. The van der Waals surface area contributed by atoms with Gasteiger partial charge in [0.1, 0.15) is 13.2 Å². The standard InChI is InChI=1S/C24H26N2O5/c1-25(14-22(27)26-12-10-16(11-13-26)23(28)29)24(30)31-15-21-19-8-4-2-6-17(19)18-7-3-5-9-20(18)21/h2-9,16,21H,10-15H2,1H3,(H,28,29). The molecule has 0 atom stereocenters. The first-order valence-corrected chi connectivity index (χ1v) is 10.5. The number of benzene rings is 2. The largest absolute Gasteiger partial charge is 0.481 e. The van der Waals surface area contributed by atoms with Crippen LogP contribution < -0.4 is 0 Å². The molecule has 0 unspecified atom stereocenters. The van der Waals surface area contributed by atoms with Gasteiger partial charge in [-0.3, -0.25) is 9.59 Å². The van der Waals surface area contributed by atoms with Crippen LogP contribution in [0.5, 0.6) is 0 Å². The SMILES string of the molecule is CN(CC(=O)N1CCC(C(=O)O)CC1)C(=O)OCC1c2ccccc2-c2ccccc21. The van der Waals surface area contributed by atoms with E-state index in [-0.39, 0.29) is 25.0 Å². The Balaban J connectivity index is 1.33. The van der Waals surface area contributed by atoms with Crippen molar-refractivity contribution in [3.05, 3.63) is 59.7 Å². The molecule has 2 aliphatic rings. The van der Waals surface area contributed by atoms with Gasteiger partial charge in [0.15, 0.2) is 0 Å². The lowest BCUT2D eigenvalue weighted by Gasteiger charge is -2.31. The predicted octanol–water partition coefficient (Wildman–Crippen LogP) is 3.19. The van der Waals surface area contributed by atoms with Gasteiger partial charge in [-0.25, -0.2) is 4.79 Å². The molecule has 2 aromatic rings. The third-order valence-corrected chi connectivity index (χ3v) is 6.22. The van der Waals surface area contributed by atoms with E-state index in [1.807, 2.05) is 24.3 Å². The summed E-state index contributed by atoms with van der Waals surface area (Å²) < 4.78 is 5.58. The first kappa shape index (κ1) is 20.9. The molecule has 7 heteroatoms. The molecule has 162 valence electrons. The summed E-state index contributed by atoms with van der Waals surface area (Å²) in [6, 6.07) is 16.2. The fourth-order valence-electron chi connectivity index (χ4n) is 4.45. The second-order valence-electron chi connectivity index (χ2n) is 8.15. The van der Waals surface area contributed by atoms with Crippen molar-refractivity contribution in [1.82, 2.24) is 9.80 Å². The molecular formula is C24H26N2O5. The van der Waals surface area contributed by atoms with Crippen molar-refractivity contribution in [1.29, 1.82) is 0 Å². The molecule has 2 aromatic carbocycles. The van der Waals surface area contributed by atoms with E-state index in [1.165, 1.54) is 4.90 Å². The maximum Gasteiger partial charge on any atom is 0.409 e. The number of rotatable bonds is 5. The van der Waals surface area contributed by atoms with Crippen LogP contribution in [-0.4, -0.2) is 66.2 Å². The van der Waals surface area contributed by atoms with Crippen molar-refractivity contribution < 1.29 is 24.2 Å². The van der Waals surface area contributed by atoms with Crippen LogP contribution in [0.1, 0.15) is 29.9 Å². The molecule has 1 fully saturated rings. The zero-order valence-electron chi connectivity index (χ0n) is 17.5. The van der Waals surface area contributed by atoms with Gasteiger partial charge in [-0.1, -0.05) is 48.5 Å². The Morgan fingerprint density at radius 3 is 2.10 bits per heavy atom. The smallest absolute Gasteiger partial charge is 0.409 e. The van der Waals surface area contributed by atoms with Gasteiger partial charge in [0, 0.05) is 26.1 Å². The number of nitrogens with zero attached hydrogens (tertiary/aromatic N) is 2. The number of fused-ring (bicyclic) bond motifs is 3. The minimum absolute atomic E-state index is 0.0319. The second-order valence-corrected chi connectivity index (χ2v) is 8.15. The molecule has 1 N–H and O–H groups in total. The van der Waals surface area contributed by atoms with Gasteiger partial charge in [0.25, 0.3) is 0 Å². The van der Waals surface area contributed by atoms with Crippen LogP contribution in [0.2, 0.25) is 0 Å². The lowest BCUT2D eigenvalue weighted by Crippen LogP contribution is -2.45. The molecule has 0 spiro atoms. The Morgan fingerprint density at radius 1 is 1.00 bits per heavy atom. The van der Waals surface area contributed by atoms with Gasteiger partial charge in [0.05, 0.1) is 5.92 Å². The molecule has 2 amide bonds. The van der Waals surface area contributed by atoms with Crippen LogP contribution in [-0.2, 0) is 14.3 Å². The zero-order valence-corrected chi connectivity index (χ0v) is 17.5. The molecule has 1 saturated heterocycles. The van der Waals surface area contributed by atoms with Crippen LogP contribution >= 0.6 is 0 Å². The molecule has 7 nitrogen and oxygen atoms in total. The Morgan fingerprint density at radius 2 is 1.55 bits per heavy atom. The summed E-state index contributed by atoms with van der Waals surface area (Å²) in [4.78, 5) is 39.0. The summed E-state index contributed by atoms with van der Waals surface area (Å²) in [6.45, 7) is 0.909. The van der Waals surface area contributed by atoms with Crippen molar-refractivity contribution in [2.24, 2.45) is 5.92 Å². The quantitative estimate of drug-likeness (QED) is 0.800. The number of likely N-dealkylation sites (N-methyl/N-ethyl adjacent to an activating group) is 1. The number of ether oxygens (including phenoxy) is 1. The van der Waals surface area contributed by atoms with E-state index in [0.717, 1.165) is 22.3 Å². The Kier molecular flexibility index (Phi) is 5.93. The number of carboxylic acids is 1. The highest BCUT2D eigenvalue weighted by molar-refractivity contribution is 5.83. The van der Waals surface area contributed by atoms with E-state index in [2.05, 4.69) is 24.3 Å². The molecule has 1 heterocycles. The van der Waals surface area contributed by atoms with Crippen LogP contribution in [0.3, 0.4) is 0 Å². The lowest BCUT2D eigenvalue weighted by molar-refractivity contribution is -0.145. The van der Waals surface area contributed by atoms with Crippen molar-refractivity contribution >= 4 is 18.0 Å². The van der Waals surface area contributed by atoms with Crippen LogP contribution in [0.4, 0.5) is 4.79 Å². The number of piperidine rings is 1. The molecule has 1 aliphatic carbocycles. The number of carboxylic acid groups (broad SMARTS) is 1. The minimum atomic E-state index is -0.817. The van der Waals surface area contributed by atoms with Crippen molar-refractivity contribution in [3.63, 3.8) is 0 Å². The maximum atomic E-state index is 12.5. The highest BCUT2D eigenvalue weighted by Gasteiger charge is 2.31. The Hall–Kier alpha value is -3.35. The molecule has 4 rings (SSSR count). The number of amides is 2. The molecule has 0 radical (unpaired) electrons. The van der Waals surface area contributed by atoms with Gasteiger partial charge >= 0.3 is 12.1 Å². The number of carbonyl (C=O) groups is 3. The number of likely N-dealkylation sites (tertiary alicyclic amines) is 1. The highest BCUT2D eigenvalue weighted by atomic mass is 16.6. The normalized spacial score (nSPS) is 15.8. The average Bonchev–Trinajstić information content (AvgIpc) is 3.11. The number of aliphatic carboxylic acids is 1. The van der Waals surface area contributed by atoms with Crippen molar-refractivity contribution in [2.45, 2.75) is 18.8 Å². The van der Waals surface area contributed by atoms with E-state index in [4.69, 9.17) is 9.84 Å². The van der Waals surface area contributed by atoms with Gasteiger partial charge < -0.3 is 19.6 Å². The van der Waals surface area contributed by atoms with E-state index < -0.39 is 18.0 Å². The maximum absolute atomic E-state index is 12.5. The fraction of sp³-hybridized carbons (Fsp3) is 0.375.